The highest BCUT2D eigenvalue weighted by molar-refractivity contribution is 5.53. The van der Waals surface area contributed by atoms with Gasteiger partial charge < -0.3 is 9.80 Å². The van der Waals surface area contributed by atoms with Gasteiger partial charge in [-0.2, -0.15) is 14.6 Å². The molecule has 6 heteroatoms. The lowest BCUT2D eigenvalue weighted by molar-refractivity contribution is 0.543. The zero-order valence-corrected chi connectivity index (χ0v) is 14.3. The summed E-state index contributed by atoms with van der Waals surface area (Å²) in [4.78, 5) is 13.5. The number of hydrogen-bond donors (Lipinski definition) is 0. The van der Waals surface area contributed by atoms with Crippen molar-refractivity contribution in [2.45, 2.75) is 26.8 Å². The van der Waals surface area contributed by atoms with Crippen LogP contribution in [0.15, 0.2) is 36.7 Å². The average Bonchev–Trinajstić information content (AvgIpc) is 3.03. The third-order valence-corrected chi connectivity index (χ3v) is 4.68. The molecular weight excluding hydrogens is 300 g/mol. The van der Waals surface area contributed by atoms with Gasteiger partial charge in [0.1, 0.15) is 12.1 Å². The van der Waals surface area contributed by atoms with Gasteiger partial charge in [0.15, 0.2) is 0 Å². The van der Waals surface area contributed by atoms with Crippen LogP contribution in [0.5, 0.6) is 0 Å². The van der Waals surface area contributed by atoms with E-state index in [1.807, 2.05) is 11.4 Å². The van der Waals surface area contributed by atoms with Gasteiger partial charge in [-0.15, -0.1) is 0 Å². The number of fused-ring (bicyclic) bond motifs is 1. The van der Waals surface area contributed by atoms with Crippen LogP contribution in [-0.2, 0) is 0 Å². The zero-order chi connectivity index (χ0) is 16.7. The lowest BCUT2D eigenvalue weighted by Gasteiger charge is -2.42. The summed E-state index contributed by atoms with van der Waals surface area (Å²) in [5.74, 6) is 1.74. The molecular formula is C18H22N6. The number of rotatable bonds is 2. The molecule has 0 radical (unpaired) electrons. The standard InChI is InChI=1S/C18H22N6/c1-13-4-6-16(7-5-13)23-9-8-22(11-15(23)3)17-10-14(2)21-18-19-12-20-24(17)18/h4-7,10,12,15H,8-9,11H2,1-3H3. The molecule has 6 nitrogen and oxygen atoms in total. The molecule has 2 aromatic heterocycles. The van der Waals surface area contributed by atoms with Crippen LogP contribution >= 0.6 is 0 Å². The molecule has 0 saturated carbocycles. The number of aromatic nitrogens is 4. The molecule has 1 fully saturated rings. The molecule has 4 rings (SSSR count). The van der Waals surface area contributed by atoms with E-state index in [2.05, 4.69) is 69.0 Å². The lowest BCUT2D eigenvalue weighted by atomic mass is 10.1. The minimum absolute atomic E-state index is 0.425. The Morgan fingerprint density at radius 1 is 1.08 bits per heavy atom. The van der Waals surface area contributed by atoms with Crippen molar-refractivity contribution in [3.8, 4) is 0 Å². The average molecular weight is 322 g/mol. The van der Waals surface area contributed by atoms with Gasteiger partial charge in [-0.1, -0.05) is 17.7 Å². The second kappa shape index (κ2) is 5.78. The Bertz CT molecular complexity index is 854. The zero-order valence-electron chi connectivity index (χ0n) is 14.3. The van der Waals surface area contributed by atoms with Crippen molar-refractivity contribution in [2.75, 3.05) is 29.4 Å². The van der Waals surface area contributed by atoms with Gasteiger partial charge in [0.05, 0.1) is 0 Å². The maximum Gasteiger partial charge on any atom is 0.254 e. The van der Waals surface area contributed by atoms with E-state index in [1.54, 1.807) is 6.33 Å². The monoisotopic (exact) mass is 322 g/mol. The molecule has 1 saturated heterocycles. The topological polar surface area (TPSA) is 49.6 Å². The maximum atomic E-state index is 4.43. The molecule has 0 amide bonds. The molecule has 0 aliphatic carbocycles. The summed E-state index contributed by atoms with van der Waals surface area (Å²) in [6, 6.07) is 11.3. The Kier molecular flexibility index (Phi) is 3.59. The first-order chi connectivity index (χ1) is 11.6. The normalized spacial score (nSPS) is 18.4. The lowest BCUT2D eigenvalue weighted by Crippen LogP contribution is -2.52. The quantitative estimate of drug-likeness (QED) is 0.725. The molecule has 3 heterocycles. The number of benzene rings is 1. The summed E-state index contributed by atoms with van der Waals surface area (Å²) >= 11 is 0. The Morgan fingerprint density at radius 2 is 1.88 bits per heavy atom. The number of hydrogen-bond acceptors (Lipinski definition) is 5. The van der Waals surface area contributed by atoms with Gasteiger partial charge in [0, 0.05) is 43.1 Å². The predicted molar refractivity (Wildman–Crippen MR) is 95.7 cm³/mol. The summed E-state index contributed by atoms with van der Waals surface area (Å²) in [5.41, 5.74) is 3.56. The first-order valence-corrected chi connectivity index (χ1v) is 8.37. The second-order valence-electron chi connectivity index (χ2n) is 6.55. The van der Waals surface area contributed by atoms with Gasteiger partial charge >= 0.3 is 0 Å². The van der Waals surface area contributed by atoms with E-state index in [0.29, 0.717) is 11.8 Å². The highest BCUT2D eigenvalue weighted by Gasteiger charge is 2.25. The molecule has 1 unspecified atom stereocenters. The molecule has 1 aromatic carbocycles. The fourth-order valence-electron chi connectivity index (χ4n) is 3.42. The largest absolute Gasteiger partial charge is 0.365 e. The fourth-order valence-corrected chi connectivity index (χ4v) is 3.42. The third-order valence-electron chi connectivity index (χ3n) is 4.68. The molecule has 1 atom stereocenters. The summed E-state index contributed by atoms with van der Waals surface area (Å²) in [5, 5.41) is 4.33. The molecule has 3 aromatic rings. The van der Waals surface area contributed by atoms with Gasteiger partial charge in [0.25, 0.3) is 5.78 Å². The van der Waals surface area contributed by atoms with Gasteiger partial charge in [-0.25, -0.2) is 4.98 Å². The van der Waals surface area contributed by atoms with Crippen LogP contribution in [0.25, 0.3) is 5.78 Å². The Morgan fingerprint density at radius 3 is 2.62 bits per heavy atom. The molecule has 124 valence electrons. The first-order valence-electron chi connectivity index (χ1n) is 8.37. The summed E-state index contributed by atoms with van der Waals surface area (Å²) in [6.45, 7) is 9.30. The first kappa shape index (κ1) is 14.9. The van der Waals surface area contributed by atoms with Crippen LogP contribution in [0.2, 0.25) is 0 Å². The molecule has 0 spiro atoms. The van der Waals surface area contributed by atoms with Crippen molar-refractivity contribution in [3.05, 3.63) is 47.9 Å². The van der Waals surface area contributed by atoms with Crippen molar-refractivity contribution in [2.24, 2.45) is 0 Å². The van der Waals surface area contributed by atoms with Crippen LogP contribution in [0, 0.1) is 13.8 Å². The number of piperazine rings is 1. The Labute approximate surface area is 141 Å². The van der Waals surface area contributed by atoms with Crippen molar-refractivity contribution in [3.63, 3.8) is 0 Å². The van der Waals surface area contributed by atoms with Crippen molar-refractivity contribution in [1.29, 1.82) is 0 Å². The molecule has 1 aliphatic heterocycles. The van der Waals surface area contributed by atoms with Crippen molar-refractivity contribution in [1.82, 2.24) is 19.6 Å². The highest BCUT2D eigenvalue weighted by Crippen LogP contribution is 2.24. The predicted octanol–water partition coefficient (Wildman–Crippen LogP) is 2.46. The van der Waals surface area contributed by atoms with Crippen LogP contribution in [0.3, 0.4) is 0 Å². The maximum absolute atomic E-state index is 4.43. The molecule has 0 bridgehead atoms. The van der Waals surface area contributed by atoms with Crippen LogP contribution < -0.4 is 9.80 Å². The van der Waals surface area contributed by atoms with E-state index in [-0.39, 0.29) is 0 Å². The van der Waals surface area contributed by atoms with E-state index >= 15 is 0 Å². The number of anilines is 2. The fraction of sp³-hybridized carbons (Fsp3) is 0.389. The minimum atomic E-state index is 0.425. The van der Waals surface area contributed by atoms with Crippen LogP contribution in [0.1, 0.15) is 18.2 Å². The molecule has 0 N–H and O–H groups in total. The van der Waals surface area contributed by atoms with Crippen molar-refractivity contribution >= 4 is 17.3 Å². The molecule has 24 heavy (non-hydrogen) atoms. The smallest absolute Gasteiger partial charge is 0.254 e. The SMILES string of the molecule is Cc1ccc(N2CCN(c3cc(C)nc4ncnn34)CC2C)cc1. The van der Waals surface area contributed by atoms with E-state index in [9.17, 15) is 0 Å². The minimum Gasteiger partial charge on any atom is -0.365 e. The summed E-state index contributed by atoms with van der Waals surface area (Å²) in [6.07, 6.45) is 1.57. The van der Waals surface area contributed by atoms with E-state index in [1.165, 1.54) is 11.3 Å². The van der Waals surface area contributed by atoms with Gasteiger partial charge in [0.2, 0.25) is 0 Å². The van der Waals surface area contributed by atoms with E-state index < -0.39 is 0 Å². The van der Waals surface area contributed by atoms with Crippen LogP contribution in [0.4, 0.5) is 11.5 Å². The van der Waals surface area contributed by atoms with Crippen LogP contribution in [-0.4, -0.2) is 45.3 Å². The highest BCUT2D eigenvalue weighted by atomic mass is 15.4. The summed E-state index contributed by atoms with van der Waals surface area (Å²) < 4.78 is 1.83. The third kappa shape index (κ3) is 2.58. The van der Waals surface area contributed by atoms with E-state index in [0.717, 1.165) is 31.1 Å². The van der Waals surface area contributed by atoms with Gasteiger partial charge in [-0.3, -0.25) is 0 Å². The number of nitrogens with zero attached hydrogens (tertiary/aromatic N) is 6. The second-order valence-corrected chi connectivity index (χ2v) is 6.55. The Balaban J connectivity index is 1.60. The molecule has 1 aliphatic rings. The van der Waals surface area contributed by atoms with Crippen molar-refractivity contribution < 1.29 is 0 Å². The number of aryl methyl sites for hydroxylation is 2. The van der Waals surface area contributed by atoms with E-state index in [4.69, 9.17) is 0 Å². The summed E-state index contributed by atoms with van der Waals surface area (Å²) in [7, 11) is 0. The van der Waals surface area contributed by atoms with Gasteiger partial charge in [-0.05, 0) is 32.9 Å². The Hall–Kier alpha value is -2.63.